The predicted molar refractivity (Wildman–Crippen MR) is 148 cm³/mol. The average molecular weight is 527 g/mol. The second-order valence-corrected chi connectivity index (χ2v) is 10.5. The van der Waals surface area contributed by atoms with E-state index >= 15 is 0 Å². The van der Waals surface area contributed by atoms with Crippen molar-refractivity contribution in [2.45, 2.75) is 65.0 Å². The van der Waals surface area contributed by atoms with Gasteiger partial charge in [-0.05, 0) is 69.4 Å². The molecule has 37 heavy (non-hydrogen) atoms. The molecule has 0 heterocycles. The van der Waals surface area contributed by atoms with E-state index in [-0.39, 0.29) is 23.0 Å². The van der Waals surface area contributed by atoms with Crippen molar-refractivity contribution >= 4 is 34.4 Å². The van der Waals surface area contributed by atoms with Gasteiger partial charge in [0.1, 0.15) is 11.8 Å². The number of benzene rings is 2. The van der Waals surface area contributed by atoms with Crippen LogP contribution in [0.2, 0.25) is 0 Å². The van der Waals surface area contributed by atoms with Crippen LogP contribution in [0.15, 0.2) is 54.6 Å². The van der Waals surface area contributed by atoms with Crippen LogP contribution in [0.4, 0.5) is 5.69 Å². The molecule has 3 rings (SSSR count). The fourth-order valence-electron chi connectivity index (χ4n) is 4.62. The van der Waals surface area contributed by atoms with Crippen LogP contribution in [-0.4, -0.2) is 48.0 Å². The Hall–Kier alpha value is -2.84. The van der Waals surface area contributed by atoms with E-state index in [1.54, 1.807) is 24.3 Å². The highest BCUT2D eigenvalue weighted by Gasteiger charge is 2.43. The molecule has 8 heteroatoms. The van der Waals surface area contributed by atoms with Gasteiger partial charge in [-0.15, -0.1) is 0 Å². The second-order valence-electron chi connectivity index (χ2n) is 9.38. The van der Waals surface area contributed by atoms with Crippen molar-refractivity contribution in [3.05, 3.63) is 60.2 Å². The summed E-state index contributed by atoms with van der Waals surface area (Å²) in [5.41, 5.74) is 0.847. The summed E-state index contributed by atoms with van der Waals surface area (Å²) in [7, 11) is 0. The summed E-state index contributed by atoms with van der Waals surface area (Å²) in [5, 5.41) is 5.97. The van der Waals surface area contributed by atoms with E-state index in [1.165, 1.54) is 18.7 Å². The van der Waals surface area contributed by atoms with Crippen LogP contribution >= 0.6 is 11.8 Å². The van der Waals surface area contributed by atoms with Gasteiger partial charge in [0, 0.05) is 31.4 Å². The van der Waals surface area contributed by atoms with E-state index in [4.69, 9.17) is 9.47 Å². The van der Waals surface area contributed by atoms with Crippen LogP contribution < -0.4 is 15.4 Å². The Bertz CT molecular complexity index is 1020. The maximum absolute atomic E-state index is 13.8. The smallest absolute Gasteiger partial charge is 0.247 e. The lowest BCUT2D eigenvalue weighted by Gasteiger charge is -2.39. The SMILES string of the molecule is CCOc1ccc(NC(=O)[C@H](Cc2ccccc2)NC(=O)[C@]2(CSC(C)=O)CC[C@H](OCC)CC2)cc1. The molecule has 1 fully saturated rings. The number of hydrogen-bond acceptors (Lipinski definition) is 6. The molecular weight excluding hydrogens is 488 g/mol. The van der Waals surface area contributed by atoms with E-state index in [0.717, 1.165) is 24.2 Å². The summed E-state index contributed by atoms with van der Waals surface area (Å²) in [6.45, 7) is 6.60. The minimum absolute atomic E-state index is 0.0202. The molecule has 2 amide bonds. The Morgan fingerprint density at radius 2 is 1.68 bits per heavy atom. The summed E-state index contributed by atoms with van der Waals surface area (Å²) in [5.74, 6) is 0.644. The van der Waals surface area contributed by atoms with Crippen molar-refractivity contribution in [2.24, 2.45) is 5.41 Å². The summed E-state index contributed by atoms with van der Waals surface area (Å²) in [6, 6.07) is 16.0. The zero-order valence-electron chi connectivity index (χ0n) is 22.0. The number of ether oxygens (including phenoxy) is 2. The predicted octanol–water partition coefficient (Wildman–Crippen LogP) is 5.00. The van der Waals surface area contributed by atoms with Crippen molar-refractivity contribution in [3.8, 4) is 5.75 Å². The Morgan fingerprint density at radius 1 is 1.00 bits per heavy atom. The van der Waals surface area contributed by atoms with Crippen LogP contribution in [0.1, 0.15) is 52.0 Å². The lowest BCUT2D eigenvalue weighted by molar-refractivity contribution is -0.136. The van der Waals surface area contributed by atoms with Crippen molar-refractivity contribution in [3.63, 3.8) is 0 Å². The number of anilines is 1. The Kier molecular flexibility index (Phi) is 11.0. The first-order valence-corrected chi connectivity index (χ1v) is 14.0. The highest BCUT2D eigenvalue weighted by molar-refractivity contribution is 8.13. The molecule has 0 aliphatic heterocycles. The Labute approximate surface area is 224 Å². The van der Waals surface area contributed by atoms with Gasteiger partial charge in [0.15, 0.2) is 5.12 Å². The fourth-order valence-corrected chi connectivity index (χ4v) is 5.52. The molecule has 2 aromatic carbocycles. The summed E-state index contributed by atoms with van der Waals surface area (Å²) < 4.78 is 11.3. The lowest BCUT2D eigenvalue weighted by Crippen LogP contribution is -2.53. The molecule has 0 unspecified atom stereocenters. The molecule has 0 bridgehead atoms. The van der Waals surface area contributed by atoms with Gasteiger partial charge in [-0.25, -0.2) is 0 Å². The molecule has 0 saturated heterocycles. The molecule has 1 saturated carbocycles. The largest absolute Gasteiger partial charge is 0.494 e. The highest BCUT2D eigenvalue weighted by Crippen LogP contribution is 2.40. The molecule has 200 valence electrons. The molecule has 2 N–H and O–H groups in total. The van der Waals surface area contributed by atoms with Gasteiger partial charge in [0.05, 0.1) is 18.1 Å². The Balaban J connectivity index is 1.78. The Morgan fingerprint density at radius 3 is 2.27 bits per heavy atom. The maximum Gasteiger partial charge on any atom is 0.247 e. The molecule has 1 atom stereocenters. The van der Waals surface area contributed by atoms with Gasteiger partial charge in [0.25, 0.3) is 0 Å². The van der Waals surface area contributed by atoms with Crippen molar-refractivity contribution in [2.75, 3.05) is 24.3 Å². The molecule has 1 aliphatic carbocycles. The minimum atomic E-state index is -0.773. The number of nitrogens with one attached hydrogen (secondary N) is 2. The van der Waals surface area contributed by atoms with Gasteiger partial charge in [-0.2, -0.15) is 0 Å². The topological polar surface area (TPSA) is 93.7 Å². The lowest BCUT2D eigenvalue weighted by atomic mass is 9.73. The van der Waals surface area contributed by atoms with Gasteiger partial charge >= 0.3 is 0 Å². The van der Waals surface area contributed by atoms with E-state index in [1.807, 2.05) is 44.2 Å². The molecule has 2 aromatic rings. The van der Waals surface area contributed by atoms with Gasteiger partial charge in [-0.3, -0.25) is 14.4 Å². The molecule has 1 aliphatic rings. The highest BCUT2D eigenvalue weighted by atomic mass is 32.2. The third-order valence-electron chi connectivity index (χ3n) is 6.66. The number of carbonyl (C=O) groups is 3. The molecule has 0 spiro atoms. The van der Waals surface area contributed by atoms with Crippen molar-refractivity contribution < 1.29 is 23.9 Å². The molecular formula is C29H38N2O5S. The standard InChI is InChI=1S/C29H38N2O5S/c1-4-35-24-13-11-23(12-14-24)30-27(33)26(19-22-9-7-6-8-10-22)31-28(34)29(20-37-21(3)32)17-15-25(16-18-29)36-5-2/h6-14,25-26H,4-5,15-20H2,1-3H3,(H,30,33)(H,31,34)/t25-,26-,29+/m0/s1. The summed E-state index contributed by atoms with van der Waals surface area (Å²) >= 11 is 1.17. The first-order valence-electron chi connectivity index (χ1n) is 13.0. The summed E-state index contributed by atoms with van der Waals surface area (Å²) in [6.07, 6.45) is 3.21. The molecule has 0 aromatic heterocycles. The minimum Gasteiger partial charge on any atom is -0.494 e. The van der Waals surface area contributed by atoms with Gasteiger partial charge in [-0.1, -0.05) is 42.1 Å². The molecule has 0 radical (unpaired) electrons. The van der Waals surface area contributed by atoms with Gasteiger partial charge < -0.3 is 20.1 Å². The van der Waals surface area contributed by atoms with Crippen LogP contribution in [0.25, 0.3) is 0 Å². The van der Waals surface area contributed by atoms with E-state index in [0.29, 0.717) is 43.9 Å². The van der Waals surface area contributed by atoms with Gasteiger partial charge in [0.2, 0.25) is 11.8 Å². The van der Waals surface area contributed by atoms with Crippen molar-refractivity contribution in [1.82, 2.24) is 5.32 Å². The normalized spacial score (nSPS) is 20.0. The van der Waals surface area contributed by atoms with E-state index in [2.05, 4.69) is 10.6 Å². The number of amides is 2. The van der Waals surface area contributed by atoms with Crippen LogP contribution in [-0.2, 0) is 25.5 Å². The first kappa shape index (κ1) is 28.7. The number of rotatable bonds is 12. The van der Waals surface area contributed by atoms with E-state index < -0.39 is 11.5 Å². The van der Waals surface area contributed by atoms with Crippen molar-refractivity contribution in [1.29, 1.82) is 0 Å². The van der Waals surface area contributed by atoms with E-state index in [9.17, 15) is 14.4 Å². The summed E-state index contributed by atoms with van der Waals surface area (Å²) in [4.78, 5) is 39.0. The zero-order valence-corrected chi connectivity index (χ0v) is 22.8. The number of carbonyl (C=O) groups excluding carboxylic acids is 3. The monoisotopic (exact) mass is 526 g/mol. The quantitative estimate of drug-likeness (QED) is 0.404. The van der Waals surface area contributed by atoms with Crippen LogP contribution in [0.5, 0.6) is 5.75 Å². The number of thioether (sulfide) groups is 1. The molecule has 7 nitrogen and oxygen atoms in total. The first-order chi connectivity index (χ1) is 17.8. The third kappa shape index (κ3) is 8.61. The third-order valence-corrected chi connectivity index (χ3v) is 7.77. The zero-order chi connectivity index (χ0) is 26.7. The fraction of sp³-hybridized carbons (Fsp3) is 0.483. The van der Waals surface area contributed by atoms with Crippen LogP contribution in [0, 0.1) is 5.41 Å². The average Bonchev–Trinajstić information content (AvgIpc) is 2.90. The maximum atomic E-state index is 13.8. The van der Waals surface area contributed by atoms with Crippen LogP contribution in [0.3, 0.4) is 0 Å². The second kappa shape index (κ2) is 14.2. The number of hydrogen-bond donors (Lipinski definition) is 2.